The largest absolute Gasteiger partial charge is 0.379 e. The Kier molecular flexibility index (Phi) is 7.58. The lowest BCUT2D eigenvalue weighted by molar-refractivity contribution is -0.140. The van der Waals surface area contributed by atoms with Crippen molar-refractivity contribution >= 4 is 22.6 Å². The summed E-state index contributed by atoms with van der Waals surface area (Å²) in [6, 6.07) is 18.3. The van der Waals surface area contributed by atoms with Crippen molar-refractivity contribution in [2.45, 2.75) is 38.6 Å². The van der Waals surface area contributed by atoms with E-state index in [0.29, 0.717) is 39.1 Å². The number of carbonyl (C=O) groups excluding carboxylic acids is 2. The van der Waals surface area contributed by atoms with Crippen LogP contribution in [0.25, 0.3) is 10.8 Å². The third kappa shape index (κ3) is 6.20. The molecule has 1 aliphatic rings. The Morgan fingerprint density at radius 3 is 2.74 bits per heavy atom. The van der Waals surface area contributed by atoms with Crippen molar-refractivity contribution in [1.82, 2.24) is 15.2 Å². The number of pyridine rings is 1. The molecule has 2 amide bonds. The molecule has 2 heterocycles. The van der Waals surface area contributed by atoms with Gasteiger partial charge in [-0.2, -0.15) is 0 Å². The van der Waals surface area contributed by atoms with Gasteiger partial charge in [-0.3, -0.25) is 14.6 Å². The number of rotatable bonds is 7. The average Bonchev–Trinajstić information content (AvgIpc) is 3.08. The Hall–Kier alpha value is -3.25. The lowest BCUT2D eigenvalue weighted by atomic mass is 9.96. The van der Waals surface area contributed by atoms with Gasteiger partial charge in [0.2, 0.25) is 11.8 Å². The first kappa shape index (κ1) is 23.9. The van der Waals surface area contributed by atoms with E-state index < -0.39 is 5.54 Å². The smallest absolute Gasteiger partial charge is 0.247 e. The molecule has 0 aliphatic carbocycles. The van der Waals surface area contributed by atoms with Gasteiger partial charge in [-0.1, -0.05) is 42.5 Å². The summed E-state index contributed by atoms with van der Waals surface area (Å²) in [6.45, 7) is 5.81. The highest BCUT2D eigenvalue weighted by Gasteiger charge is 2.35. The molecule has 1 fully saturated rings. The Balaban J connectivity index is 1.36. The van der Waals surface area contributed by atoms with E-state index in [1.54, 1.807) is 20.0 Å². The van der Waals surface area contributed by atoms with Gasteiger partial charge >= 0.3 is 0 Å². The average molecular weight is 460 g/mol. The van der Waals surface area contributed by atoms with E-state index in [1.165, 1.54) is 5.56 Å². The van der Waals surface area contributed by atoms with Crippen LogP contribution in [0.4, 0.5) is 0 Å². The van der Waals surface area contributed by atoms with Crippen LogP contribution in [-0.4, -0.2) is 53.5 Å². The molecule has 0 spiro atoms. The third-order valence-corrected chi connectivity index (χ3v) is 6.32. The summed E-state index contributed by atoms with van der Waals surface area (Å²) in [5.41, 5.74) is 1.34. The van der Waals surface area contributed by atoms with E-state index in [4.69, 9.17) is 4.74 Å². The molecule has 4 rings (SSSR count). The maximum atomic E-state index is 13.4. The monoisotopic (exact) mass is 459 g/mol. The van der Waals surface area contributed by atoms with E-state index in [-0.39, 0.29) is 17.7 Å². The third-order valence-electron chi connectivity index (χ3n) is 6.32. The molecule has 1 aromatic heterocycles. The van der Waals surface area contributed by atoms with Crippen LogP contribution in [0.1, 0.15) is 31.4 Å². The van der Waals surface area contributed by atoms with Crippen molar-refractivity contribution in [3.05, 3.63) is 78.1 Å². The second-order valence-corrected chi connectivity index (χ2v) is 9.61. The standard InChI is InChI=1S/C28H33N3O3/c1-28(2,30-26(32)11-9-21-6-4-3-5-7-21)27(33)31-14-15-34-20-23(19-31)16-22-8-10-24-12-13-29-18-25(24)17-22/h3-8,10,12-13,17-18,23H,9,11,14-16,19-20H2,1-2H3,(H,30,32). The van der Waals surface area contributed by atoms with Crippen molar-refractivity contribution < 1.29 is 14.3 Å². The van der Waals surface area contributed by atoms with Gasteiger partial charge in [-0.15, -0.1) is 0 Å². The molecule has 0 radical (unpaired) electrons. The van der Waals surface area contributed by atoms with Crippen LogP contribution in [-0.2, 0) is 27.2 Å². The first-order valence-electron chi connectivity index (χ1n) is 12.0. The molecule has 34 heavy (non-hydrogen) atoms. The molecule has 178 valence electrons. The number of hydrogen-bond donors (Lipinski definition) is 1. The Morgan fingerprint density at radius 1 is 1.09 bits per heavy atom. The van der Waals surface area contributed by atoms with E-state index in [9.17, 15) is 9.59 Å². The van der Waals surface area contributed by atoms with Crippen molar-refractivity contribution in [2.24, 2.45) is 5.92 Å². The summed E-state index contributed by atoms with van der Waals surface area (Å²) < 4.78 is 5.83. The molecule has 1 unspecified atom stereocenters. The first-order chi connectivity index (χ1) is 16.4. The van der Waals surface area contributed by atoms with E-state index in [1.807, 2.05) is 47.5 Å². The zero-order valence-corrected chi connectivity index (χ0v) is 20.0. The molecule has 6 heteroatoms. The minimum atomic E-state index is -0.975. The normalized spacial score (nSPS) is 16.8. The number of ether oxygens (including phenoxy) is 1. The fourth-order valence-corrected chi connectivity index (χ4v) is 4.55. The fourth-order valence-electron chi connectivity index (χ4n) is 4.55. The van der Waals surface area contributed by atoms with Gasteiger partial charge in [0.1, 0.15) is 5.54 Å². The Labute approximate surface area is 201 Å². The summed E-state index contributed by atoms with van der Waals surface area (Å²) >= 11 is 0. The first-order valence-corrected chi connectivity index (χ1v) is 12.0. The molecule has 0 saturated carbocycles. The second-order valence-electron chi connectivity index (χ2n) is 9.61. The fraction of sp³-hybridized carbons (Fsp3) is 0.393. The molecule has 1 saturated heterocycles. The number of aromatic nitrogens is 1. The lowest BCUT2D eigenvalue weighted by Crippen LogP contribution is -2.57. The van der Waals surface area contributed by atoms with Crippen molar-refractivity contribution in [1.29, 1.82) is 0 Å². The zero-order chi connectivity index (χ0) is 24.0. The van der Waals surface area contributed by atoms with Crippen molar-refractivity contribution in [3.8, 4) is 0 Å². The van der Waals surface area contributed by atoms with Crippen LogP contribution in [0.15, 0.2) is 67.0 Å². The maximum Gasteiger partial charge on any atom is 0.247 e. The zero-order valence-electron chi connectivity index (χ0n) is 20.0. The summed E-state index contributed by atoms with van der Waals surface area (Å²) in [5.74, 6) is -0.00137. The molecule has 1 N–H and O–H groups in total. The molecular formula is C28H33N3O3. The highest BCUT2D eigenvalue weighted by Crippen LogP contribution is 2.20. The number of amides is 2. The van der Waals surface area contributed by atoms with Crippen LogP contribution >= 0.6 is 0 Å². The van der Waals surface area contributed by atoms with Crippen LogP contribution in [0.5, 0.6) is 0 Å². The van der Waals surface area contributed by atoms with Gasteiger partial charge in [-0.25, -0.2) is 0 Å². The van der Waals surface area contributed by atoms with Gasteiger partial charge in [0.15, 0.2) is 0 Å². The number of benzene rings is 2. The highest BCUT2D eigenvalue weighted by atomic mass is 16.5. The predicted molar refractivity (Wildman–Crippen MR) is 133 cm³/mol. The van der Waals surface area contributed by atoms with Gasteiger partial charge in [0.25, 0.3) is 0 Å². The number of carbonyl (C=O) groups is 2. The summed E-state index contributed by atoms with van der Waals surface area (Å²) in [4.78, 5) is 32.1. The van der Waals surface area contributed by atoms with Crippen LogP contribution < -0.4 is 5.32 Å². The number of nitrogens with one attached hydrogen (secondary N) is 1. The Bertz CT molecular complexity index is 1130. The quantitative estimate of drug-likeness (QED) is 0.584. The van der Waals surface area contributed by atoms with Gasteiger partial charge in [-0.05, 0) is 55.3 Å². The number of aryl methyl sites for hydroxylation is 1. The van der Waals surface area contributed by atoms with Crippen LogP contribution in [0.3, 0.4) is 0 Å². The summed E-state index contributed by atoms with van der Waals surface area (Å²) in [7, 11) is 0. The van der Waals surface area contributed by atoms with Gasteiger partial charge in [0.05, 0.1) is 13.2 Å². The highest BCUT2D eigenvalue weighted by molar-refractivity contribution is 5.91. The second kappa shape index (κ2) is 10.8. The SMILES string of the molecule is CC(C)(NC(=O)CCc1ccccc1)C(=O)N1CCOCC(Cc2ccc3ccncc3c2)C1. The van der Waals surface area contributed by atoms with Crippen LogP contribution in [0, 0.1) is 5.92 Å². The maximum absolute atomic E-state index is 13.4. The molecular weight excluding hydrogens is 426 g/mol. The van der Waals surface area contributed by atoms with E-state index in [0.717, 1.165) is 22.8 Å². The van der Waals surface area contributed by atoms with Crippen molar-refractivity contribution in [2.75, 3.05) is 26.3 Å². The van der Waals surface area contributed by atoms with E-state index in [2.05, 4.69) is 28.5 Å². The molecule has 6 nitrogen and oxygen atoms in total. The minimum Gasteiger partial charge on any atom is -0.379 e. The molecule has 0 bridgehead atoms. The summed E-state index contributed by atoms with van der Waals surface area (Å²) in [5, 5.41) is 5.23. The number of hydrogen-bond acceptors (Lipinski definition) is 4. The van der Waals surface area contributed by atoms with E-state index >= 15 is 0 Å². The number of fused-ring (bicyclic) bond motifs is 1. The molecule has 1 atom stereocenters. The topological polar surface area (TPSA) is 71.5 Å². The molecule has 1 aliphatic heterocycles. The lowest BCUT2D eigenvalue weighted by Gasteiger charge is -2.33. The predicted octanol–water partition coefficient (Wildman–Crippen LogP) is 3.78. The molecule has 3 aromatic rings. The number of nitrogens with zero attached hydrogens (tertiary/aromatic N) is 2. The summed E-state index contributed by atoms with van der Waals surface area (Å²) in [6.07, 6.45) is 5.49. The Morgan fingerprint density at radius 2 is 1.91 bits per heavy atom. The van der Waals surface area contributed by atoms with Crippen molar-refractivity contribution in [3.63, 3.8) is 0 Å². The van der Waals surface area contributed by atoms with Gasteiger partial charge in [0, 0.05) is 43.2 Å². The van der Waals surface area contributed by atoms with Gasteiger partial charge < -0.3 is 15.0 Å². The molecule has 2 aromatic carbocycles. The minimum absolute atomic E-state index is 0.0706. The van der Waals surface area contributed by atoms with Crippen LogP contribution in [0.2, 0.25) is 0 Å².